The summed E-state index contributed by atoms with van der Waals surface area (Å²) in [5, 5.41) is 3.68. The van der Waals surface area contributed by atoms with E-state index in [-0.39, 0.29) is 17.7 Å². The second kappa shape index (κ2) is 10.0. The van der Waals surface area contributed by atoms with Gasteiger partial charge in [0.25, 0.3) is 5.91 Å². The molecule has 0 aliphatic carbocycles. The first-order valence-electron chi connectivity index (χ1n) is 9.00. The van der Waals surface area contributed by atoms with Crippen LogP contribution in [0.4, 0.5) is 0 Å². The second-order valence-corrected chi connectivity index (χ2v) is 8.00. The third kappa shape index (κ3) is 5.56. The Morgan fingerprint density at radius 3 is 2.67 bits per heavy atom. The molecule has 156 valence electrons. The molecule has 0 atom stereocenters. The van der Waals surface area contributed by atoms with E-state index in [4.69, 9.17) is 32.7 Å². The largest absolute Gasteiger partial charge is 0.490 e. The molecule has 3 rings (SSSR count). The van der Waals surface area contributed by atoms with Gasteiger partial charge < -0.3 is 14.8 Å². The summed E-state index contributed by atoms with van der Waals surface area (Å²) in [7, 11) is 0. The summed E-state index contributed by atoms with van der Waals surface area (Å²) in [5.41, 5.74) is 1.46. The van der Waals surface area contributed by atoms with Gasteiger partial charge in [0.15, 0.2) is 16.7 Å². The van der Waals surface area contributed by atoms with E-state index in [9.17, 15) is 9.59 Å². The predicted molar refractivity (Wildman–Crippen MR) is 120 cm³/mol. The van der Waals surface area contributed by atoms with Gasteiger partial charge in [-0.05, 0) is 48.5 Å². The van der Waals surface area contributed by atoms with E-state index < -0.39 is 5.91 Å². The standard InChI is InChI=1S/C21H18Cl2N2O4S/c1-3-28-17-9-13(10-18-20(27)25-21(30-18)24-12(2)26)8-16(23)19(17)29-11-14-6-4-5-7-15(14)22/h4-10H,3,11H2,1-2H3,(H,24,25,26,27)/b18-10-. The van der Waals surface area contributed by atoms with Gasteiger partial charge in [0.1, 0.15) is 6.61 Å². The van der Waals surface area contributed by atoms with Crippen LogP contribution in [0.5, 0.6) is 11.5 Å². The highest BCUT2D eigenvalue weighted by atomic mass is 35.5. The third-order valence-electron chi connectivity index (χ3n) is 3.86. The molecule has 30 heavy (non-hydrogen) atoms. The Morgan fingerprint density at radius 2 is 1.97 bits per heavy atom. The number of ether oxygens (including phenoxy) is 2. The van der Waals surface area contributed by atoms with Crippen molar-refractivity contribution in [3.8, 4) is 11.5 Å². The van der Waals surface area contributed by atoms with E-state index in [0.717, 1.165) is 17.3 Å². The lowest BCUT2D eigenvalue weighted by Gasteiger charge is -2.15. The number of nitrogens with one attached hydrogen (secondary N) is 1. The van der Waals surface area contributed by atoms with Crippen molar-refractivity contribution in [2.45, 2.75) is 20.5 Å². The summed E-state index contributed by atoms with van der Waals surface area (Å²) in [6.07, 6.45) is 1.64. The number of amides is 2. The summed E-state index contributed by atoms with van der Waals surface area (Å²) in [6, 6.07) is 10.8. The van der Waals surface area contributed by atoms with Gasteiger partial charge in [-0.1, -0.05) is 41.4 Å². The molecule has 1 heterocycles. The monoisotopic (exact) mass is 464 g/mol. The van der Waals surface area contributed by atoms with E-state index in [0.29, 0.717) is 38.6 Å². The van der Waals surface area contributed by atoms with Gasteiger partial charge in [0.05, 0.1) is 16.5 Å². The van der Waals surface area contributed by atoms with Gasteiger partial charge in [-0.3, -0.25) is 9.59 Å². The van der Waals surface area contributed by atoms with Gasteiger partial charge >= 0.3 is 0 Å². The molecule has 0 saturated carbocycles. The van der Waals surface area contributed by atoms with Crippen molar-refractivity contribution in [2.24, 2.45) is 4.99 Å². The first-order valence-corrected chi connectivity index (χ1v) is 10.6. The van der Waals surface area contributed by atoms with Gasteiger partial charge in [-0.15, -0.1) is 0 Å². The molecule has 0 bridgehead atoms. The average molecular weight is 465 g/mol. The SMILES string of the molecule is CCOc1cc(/C=C2\SC(NC(C)=O)=NC2=O)cc(Cl)c1OCc1ccccc1Cl. The first kappa shape index (κ1) is 22.2. The minimum Gasteiger partial charge on any atom is -0.490 e. The van der Waals surface area contributed by atoms with Crippen LogP contribution in [0.2, 0.25) is 10.0 Å². The molecular formula is C21H18Cl2N2O4S. The molecule has 1 aliphatic rings. The van der Waals surface area contributed by atoms with E-state index in [1.54, 1.807) is 24.3 Å². The van der Waals surface area contributed by atoms with Crippen LogP contribution in [-0.2, 0) is 16.2 Å². The summed E-state index contributed by atoms with van der Waals surface area (Å²) < 4.78 is 11.6. The molecule has 0 fully saturated rings. The Bertz CT molecular complexity index is 1050. The van der Waals surface area contributed by atoms with Crippen LogP contribution in [-0.4, -0.2) is 23.6 Å². The van der Waals surface area contributed by atoms with Gasteiger partial charge in [-0.25, -0.2) is 0 Å². The number of aliphatic imine (C=N–C) groups is 1. The average Bonchev–Trinajstić information content (AvgIpc) is 3.00. The number of carbonyl (C=O) groups excluding carboxylic acids is 2. The van der Waals surface area contributed by atoms with Crippen molar-refractivity contribution < 1.29 is 19.1 Å². The molecule has 9 heteroatoms. The maximum atomic E-state index is 12.1. The fraction of sp³-hybridized carbons (Fsp3) is 0.190. The summed E-state index contributed by atoms with van der Waals surface area (Å²) in [6.45, 7) is 3.83. The van der Waals surface area contributed by atoms with Crippen LogP contribution in [0.3, 0.4) is 0 Å². The Morgan fingerprint density at radius 1 is 1.20 bits per heavy atom. The van der Waals surface area contributed by atoms with Crippen LogP contribution >= 0.6 is 35.0 Å². The van der Waals surface area contributed by atoms with Crippen molar-refractivity contribution in [3.63, 3.8) is 0 Å². The van der Waals surface area contributed by atoms with Gasteiger partial charge in [0.2, 0.25) is 5.91 Å². The minimum atomic E-state index is -0.433. The summed E-state index contributed by atoms with van der Waals surface area (Å²) in [5.74, 6) is 0.109. The fourth-order valence-electron chi connectivity index (χ4n) is 2.60. The maximum Gasteiger partial charge on any atom is 0.286 e. The van der Waals surface area contributed by atoms with E-state index in [2.05, 4.69) is 10.3 Å². The molecule has 2 aromatic rings. The van der Waals surface area contributed by atoms with Crippen molar-refractivity contribution in [1.29, 1.82) is 0 Å². The zero-order chi connectivity index (χ0) is 21.7. The van der Waals surface area contributed by atoms with Gasteiger partial charge in [0, 0.05) is 17.5 Å². The molecule has 0 radical (unpaired) electrons. The molecule has 1 N–H and O–H groups in total. The van der Waals surface area contributed by atoms with E-state index in [1.165, 1.54) is 6.92 Å². The molecule has 2 aromatic carbocycles. The van der Waals surface area contributed by atoms with Crippen LogP contribution in [0.1, 0.15) is 25.0 Å². The Hall–Kier alpha value is -2.48. The number of rotatable bonds is 6. The number of amidine groups is 1. The Balaban J connectivity index is 1.84. The molecule has 2 amide bonds. The Kier molecular flexibility index (Phi) is 7.42. The predicted octanol–water partition coefficient (Wildman–Crippen LogP) is 5.08. The topological polar surface area (TPSA) is 77.0 Å². The highest BCUT2D eigenvalue weighted by Gasteiger charge is 2.23. The van der Waals surface area contributed by atoms with Crippen molar-refractivity contribution >= 4 is 58.0 Å². The first-order chi connectivity index (χ1) is 14.4. The molecule has 0 aromatic heterocycles. The van der Waals surface area contributed by atoms with Crippen LogP contribution in [0.25, 0.3) is 6.08 Å². The summed E-state index contributed by atoms with van der Waals surface area (Å²) in [4.78, 5) is 27.4. The number of thioether (sulfide) groups is 1. The lowest BCUT2D eigenvalue weighted by atomic mass is 10.1. The van der Waals surface area contributed by atoms with Crippen molar-refractivity contribution in [2.75, 3.05) is 6.61 Å². The molecule has 0 saturated heterocycles. The molecule has 0 spiro atoms. The van der Waals surface area contributed by atoms with E-state index in [1.807, 2.05) is 25.1 Å². The third-order valence-corrected chi connectivity index (χ3v) is 5.41. The molecule has 6 nitrogen and oxygen atoms in total. The van der Waals surface area contributed by atoms with Crippen molar-refractivity contribution in [3.05, 3.63) is 62.5 Å². The zero-order valence-electron chi connectivity index (χ0n) is 16.2. The Labute approximate surface area is 188 Å². The number of hydrogen-bond donors (Lipinski definition) is 1. The molecule has 1 aliphatic heterocycles. The highest BCUT2D eigenvalue weighted by Crippen LogP contribution is 2.39. The summed E-state index contributed by atoms with van der Waals surface area (Å²) >= 11 is 13.7. The van der Waals surface area contributed by atoms with Gasteiger partial charge in [-0.2, -0.15) is 4.99 Å². The number of carbonyl (C=O) groups is 2. The van der Waals surface area contributed by atoms with Crippen molar-refractivity contribution in [1.82, 2.24) is 5.32 Å². The lowest BCUT2D eigenvalue weighted by Crippen LogP contribution is -2.23. The highest BCUT2D eigenvalue weighted by molar-refractivity contribution is 8.18. The van der Waals surface area contributed by atoms with E-state index >= 15 is 0 Å². The zero-order valence-corrected chi connectivity index (χ0v) is 18.5. The quantitative estimate of drug-likeness (QED) is 0.603. The molecular weight excluding hydrogens is 447 g/mol. The second-order valence-electron chi connectivity index (χ2n) is 6.16. The maximum absolute atomic E-state index is 12.1. The smallest absolute Gasteiger partial charge is 0.286 e. The number of hydrogen-bond acceptors (Lipinski definition) is 5. The minimum absolute atomic E-state index is 0.224. The van der Waals surface area contributed by atoms with Crippen LogP contribution < -0.4 is 14.8 Å². The number of nitrogens with zero attached hydrogens (tertiary/aromatic N) is 1. The lowest BCUT2D eigenvalue weighted by molar-refractivity contribution is -0.117. The number of halogens is 2. The number of benzene rings is 2. The van der Waals surface area contributed by atoms with Crippen LogP contribution in [0.15, 0.2) is 46.3 Å². The van der Waals surface area contributed by atoms with Crippen LogP contribution in [0, 0.1) is 0 Å². The fourth-order valence-corrected chi connectivity index (χ4v) is 3.93. The molecule has 0 unspecified atom stereocenters. The normalized spacial score (nSPS) is 14.6.